The van der Waals surface area contributed by atoms with Crippen molar-refractivity contribution in [3.05, 3.63) is 95.1 Å². The number of esters is 1. The highest BCUT2D eigenvalue weighted by Gasteiger charge is 2.36. The van der Waals surface area contributed by atoms with Crippen LogP contribution in [0.15, 0.2) is 77.8 Å². The number of hydrogen-bond acceptors (Lipinski definition) is 5. The minimum absolute atomic E-state index is 0.0375. The van der Waals surface area contributed by atoms with Crippen molar-refractivity contribution < 1.29 is 19.1 Å². The Balaban J connectivity index is 1.74. The smallest absolute Gasteiger partial charge is 0.337 e. The van der Waals surface area contributed by atoms with Crippen LogP contribution in [0.2, 0.25) is 0 Å². The van der Waals surface area contributed by atoms with Crippen LogP contribution in [-0.4, -0.2) is 36.6 Å². The van der Waals surface area contributed by atoms with E-state index in [2.05, 4.69) is 10.6 Å². The Morgan fingerprint density at radius 2 is 1.62 bits per heavy atom. The van der Waals surface area contributed by atoms with Crippen LogP contribution < -0.4 is 10.6 Å². The quantitative estimate of drug-likeness (QED) is 0.423. The third-order valence-electron chi connectivity index (χ3n) is 5.45. The Hall–Kier alpha value is -4.26. The van der Waals surface area contributed by atoms with Crippen molar-refractivity contribution in [1.29, 1.82) is 0 Å². The van der Waals surface area contributed by atoms with E-state index in [0.717, 1.165) is 11.1 Å². The first-order valence-corrected chi connectivity index (χ1v) is 11.0. The first-order valence-electron chi connectivity index (χ1n) is 11.0. The summed E-state index contributed by atoms with van der Waals surface area (Å²) in [6, 6.07) is 21.5. The molecule has 2 N–H and O–H groups in total. The number of methoxy groups -OCH3 is 1. The Morgan fingerprint density at radius 1 is 0.941 bits per heavy atom. The summed E-state index contributed by atoms with van der Waals surface area (Å²) < 4.78 is 4.79. The first kappa shape index (κ1) is 22.9. The van der Waals surface area contributed by atoms with E-state index in [1.165, 1.54) is 7.11 Å². The Labute approximate surface area is 197 Å². The number of benzene rings is 3. The third kappa shape index (κ3) is 4.73. The molecule has 1 aliphatic heterocycles. The molecule has 0 saturated carbocycles. The zero-order valence-corrected chi connectivity index (χ0v) is 19.2. The molecule has 1 unspecified atom stereocenters. The third-order valence-corrected chi connectivity index (χ3v) is 5.45. The van der Waals surface area contributed by atoms with E-state index in [4.69, 9.17) is 9.73 Å². The molecule has 0 saturated heterocycles. The topological polar surface area (TPSA) is 96.9 Å². The van der Waals surface area contributed by atoms with Crippen LogP contribution >= 0.6 is 0 Å². The second-order valence-corrected chi connectivity index (χ2v) is 8.25. The Morgan fingerprint density at radius 3 is 2.26 bits per heavy atom. The summed E-state index contributed by atoms with van der Waals surface area (Å²) in [6.45, 7) is 3.81. The highest BCUT2D eigenvalue weighted by molar-refractivity contribution is 6.24. The molecule has 7 heteroatoms. The molecular weight excluding hydrogens is 430 g/mol. The fourth-order valence-corrected chi connectivity index (χ4v) is 3.86. The van der Waals surface area contributed by atoms with Crippen molar-refractivity contribution in [2.75, 3.05) is 12.4 Å². The lowest BCUT2D eigenvalue weighted by Gasteiger charge is -2.14. The summed E-state index contributed by atoms with van der Waals surface area (Å²) in [5.41, 5.74) is 4.17. The summed E-state index contributed by atoms with van der Waals surface area (Å²) in [7, 11) is 1.31. The number of anilines is 1. The van der Waals surface area contributed by atoms with E-state index < -0.39 is 11.9 Å². The monoisotopic (exact) mass is 455 g/mol. The molecule has 4 rings (SSSR count). The van der Waals surface area contributed by atoms with Gasteiger partial charge in [-0.25, -0.2) is 4.79 Å². The van der Waals surface area contributed by atoms with E-state index in [1.807, 2.05) is 44.2 Å². The number of nitrogens with zero attached hydrogens (tertiary/aromatic N) is 1. The minimum atomic E-state index is -0.659. The van der Waals surface area contributed by atoms with Gasteiger partial charge in [-0.3, -0.25) is 14.6 Å². The molecule has 3 aromatic rings. The number of fused-ring (bicyclic) bond motifs is 1. The Bertz CT molecular complexity index is 1260. The van der Waals surface area contributed by atoms with Crippen molar-refractivity contribution in [3.63, 3.8) is 0 Å². The van der Waals surface area contributed by atoms with E-state index >= 15 is 0 Å². The molecule has 0 aromatic heterocycles. The van der Waals surface area contributed by atoms with Gasteiger partial charge in [0.05, 0.1) is 24.1 Å². The van der Waals surface area contributed by atoms with Crippen molar-refractivity contribution in [2.45, 2.75) is 25.8 Å². The van der Waals surface area contributed by atoms with Crippen molar-refractivity contribution in [2.24, 2.45) is 4.99 Å². The van der Waals surface area contributed by atoms with Crippen LogP contribution in [0.5, 0.6) is 0 Å². The van der Waals surface area contributed by atoms with Crippen LogP contribution in [0.25, 0.3) is 0 Å². The lowest BCUT2D eigenvalue weighted by molar-refractivity contribution is -0.115. The van der Waals surface area contributed by atoms with Gasteiger partial charge in [-0.2, -0.15) is 0 Å². The van der Waals surface area contributed by atoms with Gasteiger partial charge in [-0.15, -0.1) is 0 Å². The second kappa shape index (κ2) is 9.70. The van der Waals surface area contributed by atoms with E-state index in [0.29, 0.717) is 28.2 Å². The van der Waals surface area contributed by atoms with Gasteiger partial charge in [0.2, 0.25) is 5.91 Å². The number of aliphatic imine (C=N–C) groups is 1. The van der Waals surface area contributed by atoms with E-state index in [-0.39, 0.29) is 17.9 Å². The predicted octanol–water partition coefficient (Wildman–Crippen LogP) is 4.47. The molecular formula is C27H25N3O4. The number of ether oxygens (including phenoxy) is 1. The molecule has 0 spiro atoms. The van der Waals surface area contributed by atoms with Gasteiger partial charge < -0.3 is 15.4 Å². The maximum absolute atomic E-state index is 13.1. The van der Waals surface area contributed by atoms with Crippen LogP contribution in [0.4, 0.5) is 11.4 Å². The lowest BCUT2D eigenvalue weighted by Crippen LogP contribution is -2.29. The molecule has 0 aliphatic carbocycles. The number of amides is 2. The second-order valence-electron chi connectivity index (χ2n) is 8.25. The molecule has 0 fully saturated rings. The Kier molecular flexibility index (Phi) is 6.54. The van der Waals surface area contributed by atoms with Gasteiger partial charge >= 0.3 is 5.97 Å². The van der Waals surface area contributed by atoms with Crippen LogP contribution in [0.1, 0.15) is 51.6 Å². The van der Waals surface area contributed by atoms with Crippen molar-refractivity contribution in [3.8, 4) is 0 Å². The summed E-state index contributed by atoms with van der Waals surface area (Å²) in [4.78, 5) is 42.1. The fraction of sp³-hybridized carbons (Fsp3) is 0.185. The van der Waals surface area contributed by atoms with Crippen LogP contribution in [-0.2, 0) is 9.53 Å². The van der Waals surface area contributed by atoms with E-state index in [1.54, 1.807) is 42.5 Å². The van der Waals surface area contributed by atoms with Crippen LogP contribution in [0, 0.1) is 0 Å². The number of hydrogen-bond donors (Lipinski definition) is 2. The van der Waals surface area contributed by atoms with Gasteiger partial charge in [-0.05, 0) is 61.4 Å². The number of carbonyl (C=O) groups is 3. The van der Waals surface area contributed by atoms with Crippen molar-refractivity contribution in [1.82, 2.24) is 5.32 Å². The predicted molar refractivity (Wildman–Crippen MR) is 131 cm³/mol. The molecule has 3 aromatic carbocycles. The van der Waals surface area contributed by atoms with Gasteiger partial charge in [0.15, 0.2) is 0 Å². The SMILES string of the molecule is COC(=O)c1ccc2c(c1)NC(=O)C2C(=Nc1ccc(C(=O)NC(C)C)cc1)c1ccccc1. The number of rotatable bonds is 6. The fourth-order valence-electron chi connectivity index (χ4n) is 3.86. The highest BCUT2D eigenvalue weighted by Crippen LogP contribution is 2.37. The van der Waals surface area contributed by atoms with Gasteiger partial charge in [0.1, 0.15) is 5.92 Å². The zero-order valence-electron chi connectivity index (χ0n) is 19.2. The maximum Gasteiger partial charge on any atom is 0.337 e. The molecule has 1 atom stereocenters. The largest absolute Gasteiger partial charge is 0.465 e. The minimum Gasteiger partial charge on any atom is -0.465 e. The average Bonchev–Trinajstić information content (AvgIpc) is 3.17. The molecule has 7 nitrogen and oxygen atoms in total. The highest BCUT2D eigenvalue weighted by atomic mass is 16.5. The van der Waals surface area contributed by atoms with Gasteiger partial charge in [0.25, 0.3) is 5.91 Å². The van der Waals surface area contributed by atoms with Gasteiger partial charge in [-0.1, -0.05) is 36.4 Å². The average molecular weight is 456 g/mol. The summed E-state index contributed by atoms with van der Waals surface area (Å²) in [5.74, 6) is -1.51. The van der Waals surface area contributed by atoms with Crippen molar-refractivity contribution >= 4 is 34.9 Å². The molecule has 1 heterocycles. The molecule has 172 valence electrons. The molecule has 1 aliphatic rings. The molecule has 34 heavy (non-hydrogen) atoms. The molecule has 0 radical (unpaired) electrons. The first-order chi connectivity index (χ1) is 16.4. The zero-order chi connectivity index (χ0) is 24.2. The summed E-state index contributed by atoms with van der Waals surface area (Å²) in [5, 5.41) is 5.73. The summed E-state index contributed by atoms with van der Waals surface area (Å²) in [6.07, 6.45) is 0. The van der Waals surface area contributed by atoms with Crippen LogP contribution in [0.3, 0.4) is 0 Å². The molecule has 2 amide bonds. The normalized spacial score (nSPS) is 15.0. The summed E-state index contributed by atoms with van der Waals surface area (Å²) >= 11 is 0. The van der Waals surface area contributed by atoms with E-state index in [9.17, 15) is 14.4 Å². The van der Waals surface area contributed by atoms with Gasteiger partial charge in [0, 0.05) is 17.3 Å². The number of carbonyl (C=O) groups excluding carboxylic acids is 3. The number of nitrogens with one attached hydrogen (secondary N) is 2. The molecule has 0 bridgehead atoms. The standard InChI is InChI=1S/C27H25N3O4/c1-16(2)28-25(31)18-9-12-20(13-10-18)29-24(17-7-5-4-6-8-17)23-21-14-11-19(27(33)34-3)15-22(21)30-26(23)32/h4-16,23H,1-3H3,(H,28,31)(H,30,32). The lowest BCUT2D eigenvalue weighted by atomic mass is 9.90. The maximum atomic E-state index is 13.1.